The summed E-state index contributed by atoms with van der Waals surface area (Å²) in [6.07, 6.45) is -0.329. The maximum absolute atomic E-state index is 12.6. The maximum atomic E-state index is 12.6. The molecule has 2 aliphatic rings. The molecule has 0 unspecified atom stereocenters. The lowest BCUT2D eigenvalue weighted by molar-refractivity contribution is -0.274. The van der Waals surface area contributed by atoms with E-state index >= 15 is 0 Å². The third-order valence-corrected chi connectivity index (χ3v) is 9.62. The predicted molar refractivity (Wildman–Crippen MR) is 142 cm³/mol. The molecule has 2 saturated carbocycles. The van der Waals surface area contributed by atoms with Crippen molar-refractivity contribution in [3.05, 3.63) is 48.0 Å². The maximum Gasteiger partial charge on any atom is 0.573 e. The van der Waals surface area contributed by atoms with Gasteiger partial charge < -0.3 is 14.6 Å². The van der Waals surface area contributed by atoms with Crippen LogP contribution in [0.2, 0.25) is 0 Å². The Kier molecular flexibility index (Phi) is 6.48. The molecule has 0 saturated heterocycles. The number of imidazole rings is 1. The smallest absolute Gasteiger partial charge is 0.406 e. The van der Waals surface area contributed by atoms with Crippen LogP contribution in [0.15, 0.2) is 42.5 Å². The Hall–Kier alpha value is -2.75. The SMILES string of the molecule is CC1(C)CC(n2c(Nc3ccc(OC(F)(F)F)cc3)nc3cc(CS(=O)(=O)C4CC4)ccc32)CC(C)(C)C1. The van der Waals surface area contributed by atoms with Gasteiger partial charge in [0.15, 0.2) is 9.84 Å². The molecule has 0 bridgehead atoms. The normalized spacial score (nSPS) is 20.0. The molecule has 1 heterocycles. The molecule has 0 atom stereocenters. The van der Waals surface area contributed by atoms with Gasteiger partial charge in [0.1, 0.15) is 5.75 Å². The molecule has 1 N–H and O–H groups in total. The zero-order valence-corrected chi connectivity index (χ0v) is 22.9. The molecule has 0 amide bonds. The van der Waals surface area contributed by atoms with E-state index in [1.807, 2.05) is 18.2 Å². The van der Waals surface area contributed by atoms with E-state index in [0.717, 1.165) is 37.6 Å². The molecule has 2 aliphatic carbocycles. The van der Waals surface area contributed by atoms with Crippen molar-refractivity contribution in [1.29, 1.82) is 0 Å². The Morgan fingerprint density at radius 1 is 1.03 bits per heavy atom. The van der Waals surface area contributed by atoms with Gasteiger partial charge in [0.2, 0.25) is 5.95 Å². The van der Waals surface area contributed by atoms with Gasteiger partial charge in [0.05, 0.1) is 22.0 Å². The molecule has 0 spiro atoms. The number of fused-ring (bicyclic) bond motifs is 1. The highest BCUT2D eigenvalue weighted by atomic mass is 32.2. The zero-order valence-electron chi connectivity index (χ0n) is 22.1. The molecule has 0 radical (unpaired) electrons. The van der Waals surface area contributed by atoms with Crippen molar-refractivity contribution in [2.24, 2.45) is 10.8 Å². The van der Waals surface area contributed by atoms with Crippen molar-refractivity contribution in [3.8, 4) is 5.75 Å². The van der Waals surface area contributed by atoms with E-state index < -0.39 is 16.2 Å². The topological polar surface area (TPSA) is 73.2 Å². The summed E-state index contributed by atoms with van der Waals surface area (Å²) in [5.41, 5.74) is 3.08. The van der Waals surface area contributed by atoms with Gasteiger partial charge in [0, 0.05) is 11.7 Å². The molecule has 6 nitrogen and oxygen atoms in total. The molecule has 2 fully saturated rings. The Bertz CT molecular complexity index is 1420. The minimum Gasteiger partial charge on any atom is -0.406 e. The van der Waals surface area contributed by atoms with Crippen LogP contribution in [0, 0.1) is 10.8 Å². The van der Waals surface area contributed by atoms with Gasteiger partial charge >= 0.3 is 6.36 Å². The fraction of sp³-hybridized carbons (Fsp3) is 0.536. The lowest BCUT2D eigenvalue weighted by Gasteiger charge is -2.45. The molecule has 1 aromatic heterocycles. The molecular formula is C28H34F3N3O3S. The molecule has 206 valence electrons. The Morgan fingerprint density at radius 2 is 1.66 bits per heavy atom. The standard InChI is InChI=1S/C28H34F3N3O3S/c1-26(2)14-20(15-27(3,4)17-26)34-24-12-5-18(16-38(35,36)22-10-11-22)13-23(24)33-25(34)32-19-6-8-21(9-7-19)37-28(29,30)31/h5-9,12-13,20,22H,10-11,14-17H2,1-4H3,(H,32,33). The minimum absolute atomic E-state index is 0.00656. The minimum atomic E-state index is -4.76. The van der Waals surface area contributed by atoms with Gasteiger partial charge in [0.25, 0.3) is 0 Å². The monoisotopic (exact) mass is 549 g/mol. The van der Waals surface area contributed by atoms with E-state index in [-0.39, 0.29) is 33.6 Å². The quantitative estimate of drug-likeness (QED) is 0.330. The number of hydrogen-bond donors (Lipinski definition) is 1. The number of anilines is 2. The summed E-state index contributed by atoms with van der Waals surface area (Å²) in [6.45, 7) is 9.08. The van der Waals surface area contributed by atoms with E-state index in [0.29, 0.717) is 22.7 Å². The number of benzene rings is 2. The number of hydrogen-bond acceptors (Lipinski definition) is 5. The number of halogens is 3. The number of sulfone groups is 1. The summed E-state index contributed by atoms with van der Waals surface area (Å²) in [4.78, 5) is 4.86. The first-order chi connectivity index (χ1) is 17.6. The summed E-state index contributed by atoms with van der Waals surface area (Å²) in [5.74, 6) is 0.270. The van der Waals surface area contributed by atoms with Crippen LogP contribution in [-0.2, 0) is 15.6 Å². The van der Waals surface area contributed by atoms with Crippen LogP contribution in [-0.4, -0.2) is 29.6 Å². The van der Waals surface area contributed by atoms with Crippen molar-refractivity contribution >= 4 is 32.5 Å². The van der Waals surface area contributed by atoms with Crippen molar-refractivity contribution in [2.45, 2.75) is 83.2 Å². The van der Waals surface area contributed by atoms with Crippen LogP contribution in [0.1, 0.15) is 71.4 Å². The second-order valence-electron chi connectivity index (χ2n) is 12.4. The number of aromatic nitrogens is 2. The Balaban J connectivity index is 1.52. The van der Waals surface area contributed by atoms with Crippen LogP contribution >= 0.6 is 0 Å². The first-order valence-electron chi connectivity index (χ1n) is 12.9. The summed E-state index contributed by atoms with van der Waals surface area (Å²) in [6, 6.07) is 11.4. The molecule has 5 rings (SSSR count). The first-order valence-corrected chi connectivity index (χ1v) is 14.7. The van der Waals surface area contributed by atoms with Crippen molar-refractivity contribution < 1.29 is 26.3 Å². The van der Waals surface area contributed by atoms with Crippen LogP contribution < -0.4 is 10.1 Å². The highest BCUT2D eigenvalue weighted by molar-refractivity contribution is 7.91. The van der Waals surface area contributed by atoms with Crippen LogP contribution in [0.25, 0.3) is 11.0 Å². The average molecular weight is 550 g/mol. The second kappa shape index (κ2) is 9.17. The van der Waals surface area contributed by atoms with Crippen LogP contribution in [0.4, 0.5) is 24.8 Å². The molecule has 10 heteroatoms. The van der Waals surface area contributed by atoms with E-state index in [1.54, 1.807) is 0 Å². The zero-order chi connectivity index (χ0) is 27.5. The molecule has 3 aromatic rings. The fourth-order valence-corrected chi connectivity index (χ4v) is 8.04. The summed E-state index contributed by atoms with van der Waals surface area (Å²) >= 11 is 0. The van der Waals surface area contributed by atoms with Gasteiger partial charge in [-0.2, -0.15) is 0 Å². The summed E-state index contributed by atoms with van der Waals surface area (Å²) in [5, 5.41) is 3.06. The molecular weight excluding hydrogens is 515 g/mol. The predicted octanol–water partition coefficient (Wildman–Crippen LogP) is 7.53. The highest BCUT2D eigenvalue weighted by Gasteiger charge is 2.40. The number of nitrogens with zero attached hydrogens (tertiary/aromatic N) is 2. The lowest BCUT2D eigenvalue weighted by Crippen LogP contribution is -2.35. The molecule has 38 heavy (non-hydrogen) atoms. The first kappa shape index (κ1) is 26.8. The number of alkyl halides is 3. The van der Waals surface area contributed by atoms with E-state index in [9.17, 15) is 21.6 Å². The summed E-state index contributed by atoms with van der Waals surface area (Å²) in [7, 11) is -3.17. The third kappa shape index (κ3) is 6.11. The van der Waals surface area contributed by atoms with Gasteiger partial charge in [-0.05, 0) is 84.9 Å². The number of rotatable bonds is 7. The number of ether oxygens (including phenoxy) is 1. The lowest BCUT2D eigenvalue weighted by atomic mass is 9.63. The van der Waals surface area contributed by atoms with Gasteiger partial charge in [-0.1, -0.05) is 33.8 Å². The van der Waals surface area contributed by atoms with E-state index in [2.05, 4.69) is 42.3 Å². The van der Waals surface area contributed by atoms with Gasteiger partial charge in [-0.15, -0.1) is 13.2 Å². The van der Waals surface area contributed by atoms with Crippen molar-refractivity contribution in [2.75, 3.05) is 5.32 Å². The number of nitrogens with one attached hydrogen (secondary N) is 1. The Morgan fingerprint density at radius 3 is 2.24 bits per heavy atom. The molecule has 0 aliphatic heterocycles. The third-order valence-electron chi connectivity index (χ3n) is 7.40. The van der Waals surface area contributed by atoms with Crippen molar-refractivity contribution in [1.82, 2.24) is 9.55 Å². The van der Waals surface area contributed by atoms with E-state index in [1.165, 1.54) is 24.3 Å². The van der Waals surface area contributed by atoms with Gasteiger partial charge in [-0.25, -0.2) is 13.4 Å². The van der Waals surface area contributed by atoms with Gasteiger partial charge in [-0.3, -0.25) is 0 Å². The second-order valence-corrected chi connectivity index (χ2v) is 14.7. The fourth-order valence-electron chi connectivity index (χ4n) is 6.31. The van der Waals surface area contributed by atoms with E-state index in [4.69, 9.17) is 4.98 Å². The van der Waals surface area contributed by atoms with Crippen LogP contribution in [0.5, 0.6) is 5.75 Å². The summed E-state index contributed by atoms with van der Waals surface area (Å²) < 4.78 is 69.1. The highest BCUT2D eigenvalue weighted by Crippen LogP contribution is 2.51. The average Bonchev–Trinajstić information content (AvgIpc) is 3.55. The largest absolute Gasteiger partial charge is 0.573 e. The Labute approximate surface area is 221 Å². The van der Waals surface area contributed by atoms with Crippen molar-refractivity contribution in [3.63, 3.8) is 0 Å². The molecule has 2 aromatic carbocycles. The van der Waals surface area contributed by atoms with Crippen LogP contribution in [0.3, 0.4) is 0 Å².